The Labute approximate surface area is 176 Å². The average molecular weight is 419 g/mol. The first kappa shape index (κ1) is 18.5. The highest BCUT2D eigenvalue weighted by Gasteiger charge is 2.25. The van der Waals surface area contributed by atoms with Crippen LogP contribution in [0.5, 0.6) is 5.75 Å². The Kier molecular flexibility index (Phi) is 4.55. The van der Waals surface area contributed by atoms with Crippen molar-refractivity contribution in [3.8, 4) is 17.0 Å². The molecule has 1 unspecified atom stereocenters. The van der Waals surface area contributed by atoms with Gasteiger partial charge in [0, 0.05) is 17.5 Å². The van der Waals surface area contributed by atoms with Crippen LogP contribution in [0, 0.1) is 0 Å². The van der Waals surface area contributed by atoms with Crippen molar-refractivity contribution in [1.82, 2.24) is 9.97 Å². The van der Waals surface area contributed by atoms with E-state index < -0.39 is 0 Å². The lowest BCUT2D eigenvalue weighted by molar-refractivity contribution is -0.364. The van der Waals surface area contributed by atoms with Crippen LogP contribution in [0.2, 0.25) is 0 Å². The molecule has 1 aliphatic heterocycles. The molecular weight excluding hydrogens is 400 g/mol. The second kappa shape index (κ2) is 7.38. The number of nitrogens with one attached hydrogen (secondary N) is 1. The van der Waals surface area contributed by atoms with Gasteiger partial charge >= 0.3 is 11.9 Å². The van der Waals surface area contributed by atoms with E-state index in [9.17, 15) is 4.79 Å². The minimum absolute atomic E-state index is 0.131. The van der Waals surface area contributed by atoms with E-state index in [1.54, 1.807) is 23.6 Å². The number of aromatic amines is 1. The maximum absolute atomic E-state index is 11.8. The summed E-state index contributed by atoms with van der Waals surface area (Å²) in [7, 11) is 1.38. The molecule has 30 heavy (non-hydrogen) atoms. The summed E-state index contributed by atoms with van der Waals surface area (Å²) < 4.78 is 11.9. The number of carbonyl (C=O) groups excluding carboxylic acids is 1. The maximum Gasteiger partial charge on any atom is 0.387 e. The summed E-state index contributed by atoms with van der Waals surface area (Å²) in [5.74, 6) is 0.973. The number of ether oxygens (including phenoxy) is 2. The SMILES string of the molecule is COC(=O)c1ccc2c(c1)CC(c1nc3ccc(-c4cc[nH+]c(N)n4)cc3s1)CO2. The molecule has 0 aliphatic carbocycles. The monoisotopic (exact) mass is 419 g/mol. The number of nitrogen functional groups attached to an aromatic ring is 1. The molecule has 5 rings (SSSR count). The van der Waals surface area contributed by atoms with Gasteiger partial charge in [0.2, 0.25) is 0 Å². The molecule has 0 spiro atoms. The van der Waals surface area contributed by atoms with Gasteiger partial charge in [0.15, 0.2) is 5.69 Å². The van der Waals surface area contributed by atoms with Crippen LogP contribution in [0.3, 0.4) is 0 Å². The van der Waals surface area contributed by atoms with Gasteiger partial charge < -0.3 is 9.47 Å². The lowest BCUT2D eigenvalue weighted by Gasteiger charge is -2.24. The number of hydrogen-bond acceptors (Lipinski definition) is 7. The lowest BCUT2D eigenvalue weighted by Crippen LogP contribution is -2.19. The number of benzene rings is 2. The Hall–Kier alpha value is -3.52. The number of methoxy groups -OCH3 is 1. The number of fused-ring (bicyclic) bond motifs is 2. The van der Waals surface area contributed by atoms with Gasteiger partial charge in [-0.1, -0.05) is 4.98 Å². The predicted octanol–water partition coefficient (Wildman–Crippen LogP) is 3.26. The number of aromatic nitrogens is 3. The zero-order valence-corrected chi connectivity index (χ0v) is 17.0. The van der Waals surface area contributed by atoms with E-state index in [-0.39, 0.29) is 11.9 Å². The molecule has 2 aromatic carbocycles. The second-order valence-electron chi connectivity index (χ2n) is 7.12. The first-order chi connectivity index (χ1) is 14.6. The van der Waals surface area contributed by atoms with Crippen molar-refractivity contribution < 1.29 is 19.3 Å². The van der Waals surface area contributed by atoms with Crippen LogP contribution in [-0.2, 0) is 11.2 Å². The molecule has 3 N–H and O–H groups in total. The fraction of sp³-hybridized carbons (Fsp3) is 0.182. The first-order valence-electron chi connectivity index (χ1n) is 9.50. The Balaban J connectivity index is 1.45. The number of nitrogens with zero attached hydrogens (tertiary/aromatic N) is 2. The molecule has 1 atom stereocenters. The quantitative estimate of drug-likeness (QED) is 0.512. The largest absolute Gasteiger partial charge is 0.493 e. The maximum atomic E-state index is 11.8. The summed E-state index contributed by atoms with van der Waals surface area (Å²) in [6.45, 7) is 0.559. The minimum Gasteiger partial charge on any atom is -0.493 e. The zero-order chi connectivity index (χ0) is 20.7. The van der Waals surface area contributed by atoms with Crippen molar-refractivity contribution in [3.63, 3.8) is 0 Å². The van der Waals surface area contributed by atoms with Gasteiger partial charge in [-0.15, -0.1) is 11.3 Å². The molecule has 2 aromatic heterocycles. The Morgan fingerprint density at radius 2 is 2.13 bits per heavy atom. The molecule has 0 saturated carbocycles. The van der Waals surface area contributed by atoms with Gasteiger partial charge in [-0.25, -0.2) is 14.8 Å². The molecule has 0 saturated heterocycles. The molecule has 8 heteroatoms. The fourth-order valence-electron chi connectivity index (χ4n) is 3.64. The van der Waals surface area contributed by atoms with Crippen molar-refractivity contribution >= 4 is 33.5 Å². The summed E-state index contributed by atoms with van der Waals surface area (Å²) in [6, 6.07) is 13.4. The molecule has 0 bridgehead atoms. The van der Waals surface area contributed by atoms with Crippen molar-refractivity contribution in [2.24, 2.45) is 0 Å². The lowest BCUT2D eigenvalue weighted by atomic mass is 9.95. The van der Waals surface area contributed by atoms with E-state index >= 15 is 0 Å². The predicted molar refractivity (Wildman–Crippen MR) is 114 cm³/mol. The topological polar surface area (TPSA) is 101 Å². The summed E-state index contributed by atoms with van der Waals surface area (Å²) in [5.41, 5.74) is 10.0. The van der Waals surface area contributed by atoms with Crippen LogP contribution in [0.15, 0.2) is 48.7 Å². The molecule has 7 nitrogen and oxygen atoms in total. The number of esters is 1. The van der Waals surface area contributed by atoms with Crippen LogP contribution in [-0.4, -0.2) is 29.7 Å². The normalized spacial score (nSPS) is 15.4. The van der Waals surface area contributed by atoms with E-state index in [4.69, 9.17) is 20.2 Å². The van der Waals surface area contributed by atoms with Crippen molar-refractivity contribution in [3.05, 3.63) is 64.8 Å². The number of rotatable bonds is 3. The Morgan fingerprint density at radius 3 is 2.97 bits per heavy atom. The number of thiazole rings is 1. The molecule has 4 aromatic rings. The highest BCUT2D eigenvalue weighted by atomic mass is 32.1. The number of carbonyl (C=O) groups is 1. The zero-order valence-electron chi connectivity index (χ0n) is 16.2. The van der Waals surface area contributed by atoms with Crippen molar-refractivity contribution in [1.29, 1.82) is 0 Å². The van der Waals surface area contributed by atoms with Crippen LogP contribution < -0.4 is 15.5 Å². The molecule has 1 aliphatic rings. The molecule has 0 radical (unpaired) electrons. The smallest absolute Gasteiger partial charge is 0.387 e. The molecule has 0 fully saturated rings. The van der Waals surface area contributed by atoms with E-state index in [0.717, 1.165) is 44.2 Å². The average Bonchev–Trinajstić information content (AvgIpc) is 3.21. The highest BCUT2D eigenvalue weighted by Crippen LogP contribution is 2.37. The van der Waals surface area contributed by atoms with Crippen molar-refractivity contribution in [2.45, 2.75) is 12.3 Å². The van der Waals surface area contributed by atoms with Gasteiger partial charge in [0.25, 0.3) is 0 Å². The number of anilines is 1. The summed E-state index contributed by atoms with van der Waals surface area (Å²) in [5, 5.41) is 1.02. The summed E-state index contributed by atoms with van der Waals surface area (Å²) >= 11 is 1.66. The van der Waals surface area contributed by atoms with Crippen molar-refractivity contribution in [2.75, 3.05) is 19.5 Å². The van der Waals surface area contributed by atoms with Crippen LogP contribution in [0.1, 0.15) is 26.8 Å². The third-order valence-electron chi connectivity index (χ3n) is 5.15. The van der Waals surface area contributed by atoms with Gasteiger partial charge in [0.1, 0.15) is 10.8 Å². The van der Waals surface area contributed by atoms with Gasteiger partial charge in [-0.05, 0) is 48.4 Å². The Morgan fingerprint density at radius 1 is 1.23 bits per heavy atom. The summed E-state index contributed by atoms with van der Waals surface area (Å²) in [4.78, 5) is 23.9. The standard InChI is InChI=1S/C22H18N4O3S/c1-28-21(27)13-3-5-18-14(8-13)9-15(11-29-18)20-25-17-4-2-12(10-19(17)30-20)16-6-7-24-22(23)26-16/h2-8,10,15H,9,11H2,1H3,(H2,23,24,26)/p+1. The number of H-pyrrole nitrogens is 1. The van der Waals surface area contributed by atoms with Gasteiger partial charge in [-0.2, -0.15) is 0 Å². The highest BCUT2D eigenvalue weighted by molar-refractivity contribution is 7.18. The van der Waals surface area contributed by atoms with E-state index in [2.05, 4.69) is 16.0 Å². The Bertz CT molecular complexity index is 1270. The second-order valence-corrected chi connectivity index (χ2v) is 8.18. The first-order valence-corrected chi connectivity index (χ1v) is 10.3. The molecule has 3 heterocycles. The molecule has 0 amide bonds. The number of hydrogen-bond donors (Lipinski definition) is 1. The minimum atomic E-state index is -0.347. The van der Waals surface area contributed by atoms with Gasteiger partial charge in [-0.3, -0.25) is 5.73 Å². The van der Waals surface area contributed by atoms with E-state index in [0.29, 0.717) is 18.1 Å². The fourth-order valence-corrected chi connectivity index (χ4v) is 4.73. The molecule has 150 valence electrons. The van der Waals surface area contributed by atoms with E-state index in [1.165, 1.54) is 7.11 Å². The van der Waals surface area contributed by atoms with Crippen LogP contribution >= 0.6 is 11.3 Å². The molecular formula is C22H19N4O3S+. The van der Waals surface area contributed by atoms with Crippen LogP contribution in [0.4, 0.5) is 5.95 Å². The number of nitrogens with two attached hydrogens (primary N) is 1. The summed E-state index contributed by atoms with van der Waals surface area (Å²) in [6.07, 6.45) is 2.54. The third kappa shape index (κ3) is 3.35. The van der Waals surface area contributed by atoms with E-state index in [1.807, 2.05) is 30.3 Å². The third-order valence-corrected chi connectivity index (χ3v) is 6.33. The van der Waals surface area contributed by atoms with Crippen LogP contribution in [0.25, 0.3) is 21.5 Å². The van der Waals surface area contributed by atoms with Gasteiger partial charge in [0.05, 0.1) is 35.7 Å².